The molecule has 1 aromatic carbocycles. The molecular weight excluding hydrogens is 292 g/mol. The highest BCUT2D eigenvalue weighted by Crippen LogP contribution is 2.16. The van der Waals surface area contributed by atoms with Crippen molar-refractivity contribution in [3.63, 3.8) is 0 Å². The monoisotopic (exact) mass is 306 g/mol. The zero-order chi connectivity index (χ0) is 12.5. The summed E-state index contributed by atoms with van der Waals surface area (Å²) in [5.41, 5.74) is 7.16. The molecule has 2 aromatic rings. The van der Waals surface area contributed by atoms with Gasteiger partial charge in [-0.1, -0.05) is 28.1 Å². The topological polar surface area (TPSA) is 56.7 Å². The fourth-order valence-corrected chi connectivity index (χ4v) is 2.74. The molecule has 0 spiro atoms. The first-order valence-corrected chi connectivity index (χ1v) is 6.92. The molecule has 1 unspecified atom stereocenters. The third-order valence-corrected chi connectivity index (χ3v) is 3.68. The quantitative estimate of drug-likeness (QED) is 0.922. The number of halogens is 1. The van der Waals surface area contributed by atoms with Gasteiger partial charge in [0.05, 0.1) is 6.54 Å². The van der Waals surface area contributed by atoms with Crippen LogP contribution in [0.4, 0.5) is 0 Å². The van der Waals surface area contributed by atoms with Gasteiger partial charge in [-0.25, -0.2) is 9.67 Å². The summed E-state index contributed by atoms with van der Waals surface area (Å²) in [6.07, 6.45) is 2.72. The van der Waals surface area contributed by atoms with E-state index < -0.39 is 0 Å². The smallest absolute Gasteiger partial charge is 0.155 e. The van der Waals surface area contributed by atoms with E-state index in [0.29, 0.717) is 0 Å². The summed E-state index contributed by atoms with van der Waals surface area (Å²) in [5, 5.41) is 4.54. The number of hydrogen-bond acceptors (Lipinski definition) is 3. The lowest BCUT2D eigenvalue weighted by Gasteiger charge is -2.17. The second-order valence-electron chi connectivity index (χ2n) is 4.73. The standard InChI is InChI=1S/C13H15BrN4/c14-10-3-1-2-9(6-10)7-12-16-13-5-4-11(15)8-18(13)17-12/h1-3,6,11H,4-5,7-8,15H2. The Morgan fingerprint density at radius 3 is 3.17 bits per heavy atom. The van der Waals surface area contributed by atoms with Crippen molar-refractivity contribution in [1.82, 2.24) is 14.8 Å². The summed E-state index contributed by atoms with van der Waals surface area (Å²) in [7, 11) is 0. The van der Waals surface area contributed by atoms with Gasteiger partial charge in [-0.15, -0.1) is 0 Å². The van der Waals surface area contributed by atoms with Gasteiger partial charge in [-0.2, -0.15) is 5.10 Å². The highest BCUT2D eigenvalue weighted by atomic mass is 79.9. The Labute approximate surface area is 114 Å². The summed E-state index contributed by atoms with van der Waals surface area (Å²) in [6.45, 7) is 0.792. The fraction of sp³-hybridized carbons (Fsp3) is 0.385. The van der Waals surface area contributed by atoms with Gasteiger partial charge < -0.3 is 5.73 Å². The first-order chi connectivity index (χ1) is 8.70. The van der Waals surface area contributed by atoms with E-state index >= 15 is 0 Å². The lowest BCUT2D eigenvalue weighted by molar-refractivity contribution is 0.421. The number of fused-ring (bicyclic) bond motifs is 1. The van der Waals surface area contributed by atoms with Crippen molar-refractivity contribution in [3.8, 4) is 0 Å². The lowest BCUT2D eigenvalue weighted by Crippen LogP contribution is -2.32. The zero-order valence-corrected chi connectivity index (χ0v) is 11.6. The minimum absolute atomic E-state index is 0.220. The van der Waals surface area contributed by atoms with E-state index in [4.69, 9.17) is 5.73 Å². The van der Waals surface area contributed by atoms with Crippen LogP contribution in [0.5, 0.6) is 0 Å². The maximum Gasteiger partial charge on any atom is 0.155 e. The molecule has 0 aliphatic carbocycles. The molecule has 1 aliphatic rings. The second-order valence-corrected chi connectivity index (χ2v) is 5.65. The molecule has 1 aliphatic heterocycles. The van der Waals surface area contributed by atoms with Crippen molar-refractivity contribution in [1.29, 1.82) is 0 Å². The average molecular weight is 307 g/mol. The maximum absolute atomic E-state index is 5.94. The third kappa shape index (κ3) is 2.47. The Bertz CT molecular complexity index is 564. The van der Waals surface area contributed by atoms with Crippen LogP contribution >= 0.6 is 15.9 Å². The number of benzene rings is 1. The maximum atomic E-state index is 5.94. The van der Waals surface area contributed by atoms with Crippen LogP contribution in [0, 0.1) is 0 Å². The van der Waals surface area contributed by atoms with Gasteiger partial charge in [-0.3, -0.25) is 0 Å². The van der Waals surface area contributed by atoms with E-state index in [0.717, 1.165) is 41.9 Å². The van der Waals surface area contributed by atoms with Crippen molar-refractivity contribution >= 4 is 15.9 Å². The summed E-state index contributed by atoms with van der Waals surface area (Å²) in [4.78, 5) is 4.59. The molecule has 0 amide bonds. The second kappa shape index (κ2) is 4.82. The molecule has 2 N–H and O–H groups in total. The van der Waals surface area contributed by atoms with Crippen molar-refractivity contribution in [2.24, 2.45) is 5.73 Å². The van der Waals surface area contributed by atoms with Crippen molar-refractivity contribution in [2.75, 3.05) is 0 Å². The van der Waals surface area contributed by atoms with E-state index in [2.05, 4.69) is 38.1 Å². The van der Waals surface area contributed by atoms with Gasteiger partial charge in [0.15, 0.2) is 5.82 Å². The van der Waals surface area contributed by atoms with Crippen LogP contribution in [-0.4, -0.2) is 20.8 Å². The van der Waals surface area contributed by atoms with Crippen LogP contribution in [0.15, 0.2) is 28.7 Å². The van der Waals surface area contributed by atoms with E-state index in [1.807, 2.05) is 16.8 Å². The van der Waals surface area contributed by atoms with Crippen LogP contribution < -0.4 is 5.73 Å². The molecule has 5 heteroatoms. The Kier molecular flexibility index (Phi) is 3.18. The molecule has 18 heavy (non-hydrogen) atoms. The van der Waals surface area contributed by atoms with E-state index in [1.165, 1.54) is 5.56 Å². The fourth-order valence-electron chi connectivity index (χ4n) is 2.29. The molecule has 2 heterocycles. The molecule has 0 radical (unpaired) electrons. The predicted molar refractivity (Wildman–Crippen MR) is 73.3 cm³/mol. The van der Waals surface area contributed by atoms with E-state index in [-0.39, 0.29) is 6.04 Å². The van der Waals surface area contributed by atoms with Crippen LogP contribution in [-0.2, 0) is 19.4 Å². The van der Waals surface area contributed by atoms with Crippen molar-refractivity contribution in [2.45, 2.75) is 31.8 Å². The molecule has 1 atom stereocenters. The first kappa shape index (κ1) is 11.9. The number of rotatable bonds is 2. The lowest BCUT2D eigenvalue weighted by atomic mass is 10.1. The largest absolute Gasteiger partial charge is 0.326 e. The van der Waals surface area contributed by atoms with Gasteiger partial charge >= 0.3 is 0 Å². The highest BCUT2D eigenvalue weighted by molar-refractivity contribution is 9.10. The van der Waals surface area contributed by atoms with Crippen molar-refractivity contribution in [3.05, 3.63) is 46.0 Å². The van der Waals surface area contributed by atoms with Gasteiger partial charge in [0.2, 0.25) is 0 Å². The number of aromatic nitrogens is 3. The van der Waals surface area contributed by atoms with Crippen molar-refractivity contribution < 1.29 is 0 Å². The average Bonchev–Trinajstić information content (AvgIpc) is 2.70. The predicted octanol–water partition coefficient (Wildman–Crippen LogP) is 1.90. The van der Waals surface area contributed by atoms with Crippen LogP contribution in [0.25, 0.3) is 0 Å². The van der Waals surface area contributed by atoms with Gasteiger partial charge in [0, 0.05) is 23.4 Å². The summed E-state index contributed by atoms with van der Waals surface area (Å²) >= 11 is 3.48. The third-order valence-electron chi connectivity index (χ3n) is 3.19. The minimum Gasteiger partial charge on any atom is -0.326 e. The first-order valence-electron chi connectivity index (χ1n) is 6.13. The zero-order valence-electron chi connectivity index (χ0n) is 10.0. The molecule has 1 aromatic heterocycles. The molecular formula is C13H15BrN4. The Morgan fingerprint density at radius 1 is 1.44 bits per heavy atom. The number of hydrogen-bond donors (Lipinski definition) is 1. The number of aryl methyl sites for hydroxylation is 1. The Balaban J connectivity index is 1.82. The molecule has 0 fully saturated rings. The normalized spacial score (nSPS) is 18.7. The highest BCUT2D eigenvalue weighted by Gasteiger charge is 2.18. The van der Waals surface area contributed by atoms with Crippen LogP contribution in [0.1, 0.15) is 23.6 Å². The van der Waals surface area contributed by atoms with E-state index in [1.54, 1.807) is 0 Å². The molecule has 3 rings (SSSR count). The summed E-state index contributed by atoms with van der Waals surface area (Å²) in [5.74, 6) is 1.96. The molecule has 0 saturated heterocycles. The SMILES string of the molecule is NC1CCc2nc(Cc3cccc(Br)c3)nn2C1. The number of nitrogens with zero attached hydrogens (tertiary/aromatic N) is 3. The van der Waals surface area contributed by atoms with Gasteiger partial charge in [-0.05, 0) is 24.1 Å². The van der Waals surface area contributed by atoms with Crippen LogP contribution in [0.2, 0.25) is 0 Å². The summed E-state index contributed by atoms with van der Waals surface area (Å²) in [6, 6.07) is 8.47. The van der Waals surface area contributed by atoms with E-state index in [9.17, 15) is 0 Å². The summed E-state index contributed by atoms with van der Waals surface area (Å²) < 4.78 is 3.05. The molecule has 4 nitrogen and oxygen atoms in total. The van der Waals surface area contributed by atoms with Gasteiger partial charge in [0.25, 0.3) is 0 Å². The Hall–Kier alpha value is -1.20. The number of nitrogens with two attached hydrogens (primary N) is 1. The Morgan fingerprint density at radius 2 is 2.33 bits per heavy atom. The van der Waals surface area contributed by atoms with Gasteiger partial charge in [0.1, 0.15) is 5.82 Å². The molecule has 94 valence electrons. The van der Waals surface area contributed by atoms with Crippen LogP contribution in [0.3, 0.4) is 0 Å². The minimum atomic E-state index is 0.220. The molecule has 0 bridgehead atoms. The molecule has 0 saturated carbocycles.